The molecule has 0 aromatic heterocycles. The molecule has 3 rings (SSSR count). The Hall–Kier alpha value is -1.65. The standard InChI is InChI=1S/C14H14O4/c1-8(15)12-9(2)18-14(17)11-6-4-3-5-10(11)7-13(12,14)16/h3-6,16-17H,7H2,1-2H3/t13-,14+/m1/s1. The summed E-state index contributed by atoms with van der Waals surface area (Å²) in [5.41, 5.74) is -0.176. The number of hydrogen-bond donors (Lipinski definition) is 2. The molecule has 0 fully saturated rings. The van der Waals surface area contributed by atoms with E-state index >= 15 is 0 Å². The van der Waals surface area contributed by atoms with Crippen LogP contribution in [0.4, 0.5) is 0 Å². The smallest absolute Gasteiger partial charge is 0.268 e. The van der Waals surface area contributed by atoms with E-state index in [0.717, 1.165) is 5.56 Å². The van der Waals surface area contributed by atoms with Crippen LogP contribution in [0.25, 0.3) is 0 Å². The second-order valence-electron chi connectivity index (χ2n) is 4.93. The number of rotatable bonds is 1. The lowest BCUT2D eigenvalue weighted by Crippen LogP contribution is -2.48. The van der Waals surface area contributed by atoms with Crippen LogP contribution < -0.4 is 0 Å². The number of hydrogen-bond acceptors (Lipinski definition) is 4. The van der Waals surface area contributed by atoms with E-state index in [-0.39, 0.29) is 17.8 Å². The van der Waals surface area contributed by atoms with Crippen LogP contribution in [-0.2, 0) is 21.7 Å². The zero-order chi connectivity index (χ0) is 13.1. The molecule has 2 aliphatic rings. The van der Waals surface area contributed by atoms with Gasteiger partial charge in [-0.3, -0.25) is 4.79 Å². The van der Waals surface area contributed by atoms with Crippen molar-refractivity contribution in [2.24, 2.45) is 0 Å². The highest BCUT2D eigenvalue weighted by atomic mass is 16.7. The lowest BCUT2D eigenvalue weighted by molar-refractivity contribution is -0.249. The van der Waals surface area contributed by atoms with Gasteiger partial charge in [-0.25, -0.2) is 0 Å². The van der Waals surface area contributed by atoms with Crippen LogP contribution in [0.3, 0.4) is 0 Å². The third kappa shape index (κ3) is 1.09. The van der Waals surface area contributed by atoms with E-state index in [4.69, 9.17) is 4.74 Å². The number of Topliss-reactive ketones (excluding diaryl/α,β-unsaturated/α-hetero) is 1. The second kappa shape index (κ2) is 3.22. The summed E-state index contributed by atoms with van der Waals surface area (Å²) in [4.78, 5) is 11.7. The van der Waals surface area contributed by atoms with Crippen molar-refractivity contribution in [2.75, 3.05) is 0 Å². The van der Waals surface area contributed by atoms with Gasteiger partial charge >= 0.3 is 0 Å². The highest BCUT2D eigenvalue weighted by molar-refractivity contribution is 5.97. The average molecular weight is 246 g/mol. The van der Waals surface area contributed by atoms with Crippen LogP contribution in [0.1, 0.15) is 25.0 Å². The zero-order valence-electron chi connectivity index (χ0n) is 10.2. The van der Waals surface area contributed by atoms with Gasteiger partial charge in [0.15, 0.2) is 11.4 Å². The molecule has 1 aliphatic carbocycles. The van der Waals surface area contributed by atoms with Gasteiger partial charge in [-0.1, -0.05) is 24.3 Å². The fourth-order valence-electron chi connectivity index (χ4n) is 3.12. The number of fused-ring (bicyclic) bond motifs is 3. The van der Waals surface area contributed by atoms with Gasteiger partial charge in [0.2, 0.25) is 0 Å². The first-order chi connectivity index (χ1) is 8.40. The molecule has 0 unspecified atom stereocenters. The molecular weight excluding hydrogens is 232 g/mol. The topological polar surface area (TPSA) is 66.8 Å². The molecule has 18 heavy (non-hydrogen) atoms. The Labute approximate surface area is 105 Å². The molecule has 0 amide bonds. The maximum atomic E-state index is 11.7. The van der Waals surface area contributed by atoms with Crippen molar-refractivity contribution < 1.29 is 19.7 Å². The van der Waals surface area contributed by atoms with Gasteiger partial charge < -0.3 is 14.9 Å². The molecule has 4 heteroatoms. The van der Waals surface area contributed by atoms with E-state index in [1.807, 2.05) is 12.1 Å². The Bertz CT molecular complexity index is 589. The van der Waals surface area contributed by atoms with Crippen molar-refractivity contribution in [3.8, 4) is 0 Å². The number of ether oxygens (including phenoxy) is 1. The van der Waals surface area contributed by atoms with Crippen molar-refractivity contribution >= 4 is 5.78 Å². The summed E-state index contributed by atoms with van der Waals surface area (Å²) in [7, 11) is 0. The Balaban J connectivity index is 2.23. The molecule has 2 atom stereocenters. The number of allylic oxidation sites excluding steroid dienone is 1. The van der Waals surface area contributed by atoms with E-state index in [1.54, 1.807) is 19.1 Å². The molecular formula is C14H14O4. The predicted molar refractivity (Wildman–Crippen MR) is 63.5 cm³/mol. The highest BCUT2D eigenvalue weighted by Gasteiger charge is 2.66. The van der Waals surface area contributed by atoms with Crippen molar-refractivity contribution in [1.29, 1.82) is 0 Å². The first-order valence-corrected chi connectivity index (χ1v) is 5.84. The van der Waals surface area contributed by atoms with Crippen molar-refractivity contribution in [1.82, 2.24) is 0 Å². The molecule has 0 bridgehead atoms. The van der Waals surface area contributed by atoms with Crippen LogP contribution in [-0.4, -0.2) is 21.6 Å². The predicted octanol–water partition coefficient (Wildman–Crippen LogP) is 1.01. The third-order valence-corrected chi connectivity index (χ3v) is 3.81. The number of benzene rings is 1. The third-order valence-electron chi connectivity index (χ3n) is 3.81. The lowest BCUT2D eigenvalue weighted by atomic mass is 9.85. The lowest BCUT2D eigenvalue weighted by Gasteiger charge is -2.31. The molecule has 2 N–H and O–H groups in total. The normalized spacial score (nSPS) is 33.1. The summed E-state index contributed by atoms with van der Waals surface area (Å²) in [5, 5.41) is 21.4. The van der Waals surface area contributed by atoms with Crippen LogP contribution >= 0.6 is 0 Å². The summed E-state index contributed by atoms with van der Waals surface area (Å²) >= 11 is 0. The van der Waals surface area contributed by atoms with Gasteiger partial charge in [0, 0.05) is 12.0 Å². The van der Waals surface area contributed by atoms with Crippen LogP contribution in [0.15, 0.2) is 35.6 Å². The van der Waals surface area contributed by atoms with E-state index < -0.39 is 11.4 Å². The monoisotopic (exact) mass is 246 g/mol. The summed E-state index contributed by atoms with van der Waals surface area (Å²) in [6.07, 6.45) is 0.186. The molecule has 1 aliphatic heterocycles. The quantitative estimate of drug-likeness (QED) is 0.776. The minimum Gasteiger partial charge on any atom is -0.459 e. The molecule has 0 saturated carbocycles. The van der Waals surface area contributed by atoms with Crippen molar-refractivity contribution in [2.45, 2.75) is 31.7 Å². The molecule has 0 saturated heterocycles. The summed E-state index contributed by atoms with van der Waals surface area (Å²) in [6, 6.07) is 7.13. The van der Waals surface area contributed by atoms with Gasteiger partial charge in [-0.15, -0.1) is 0 Å². The first-order valence-electron chi connectivity index (χ1n) is 5.84. The maximum absolute atomic E-state index is 11.7. The Morgan fingerprint density at radius 1 is 1.33 bits per heavy atom. The van der Waals surface area contributed by atoms with E-state index in [1.165, 1.54) is 6.92 Å². The largest absolute Gasteiger partial charge is 0.459 e. The molecule has 94 valence electrons. The average Bonchev–Trinajstić information content (AvgIpc) is 2.59. The van der Waals surface area contributed by atoms with Crippen LogP contribution in [0.2, 0.25) is 0 Å². The van der Waals surface area contributed by atoms with E-state index in [2.05, 4.69) is 0 Å². The minimum absolute atomic E-state index is 0.168. The molecule has 0 spiro atoms. The number of ketones is 1. The molecule has 4 nitrogen and oxygen atoms in total. The Kier molecular flexibility index (Phi) is 2.04. The van der Waals surface area contributed by atoms with Gasteiger partial charge in [0.05, 0.1) is 5.57 Å². The minimum atomic E-state index is -1.84. The second-order valence-corrected chi connectivity index (χ2v) is 4.93. The zero-order valence-corrected chi connectivity index (χ0v) is 10.2. The van der Waals surface area contributed by atoms with Crippen LogP contribution in [0.5, 0.6) is 0 Å². The molecule has 1 aromatic carbocycles. The Morgan fingerprint density at radius 2 is 2.00 bits per heavy atom. The molecule has 1 heterocycles. The van der Waals surface area contributed by atoms with Gasteiger partial charge in [0.25, 0.3) is 5.79 Å². The van der Waals surface area contributed by atoms with Gasteiger partial charge in [-0.2, -0.15) is 0 Å². The SMILES string of the molecule is CC(=O)C1=C(C)O[C@@]2(O)c3ccccc3C[C@@]12O. The van der Waals surface area contributed by atoms with Crippen molar-refractivity contribution in [3.05, 3.63) is 46.7 Å². The van der Waals surface area contributed by atoms with E-state index in [0.29, 0.717) is 11.3 Å². The fourth-order valence-corrected chi connectivity index (χ4v) is 3.12. The summed E-state index contributed by atoms with van der Waals surface area (Å²) in [6.45, 7) is 2.96. The number of aliphatic hydroxyl groups is 2. The number of carbonyl (C=O) groups excluding carboxylic acids is 1. The molecule has 0 radical (unpaired) electrons. The maximum Gasteiger partial charge on any atom is 0.268 e. The van der Waals surface area contributed by atoms with Gasteiger partial charge in [0.1, 0.15) is 5.76 Å². The fraction of sp³-hybridized carbons (Fsp3) is 0.357. The number of carbonyl (C=O) groups is 1. The summed E-state index contributed by atoms with van der Waals surface area (Å²) in [5.74, 6) is -1.82. The Morgan fingerprint density at radius 3 is 2.67 bits per heavy atom. The highest BCUT2D eigenvalue weighted by Crippen LogP contribution is 2.54. The van der Waals surface area contributed by atoms with Gasteiger partial charge in [-0.05, 0) is 19.4 Å². The van der Waals surface area contributed by atoms with E-state index in [9.17, 15) is 15.0 Å². The van der Waals surface area contributed by atoms with Crippen molar-refractivity contribution in [3.63, 3.8) is 0 Å². The summed E-state index contributed by atoms with van der Waals surface area (Å²) < 4.78 is 5.44. The van der Waals surface area contributed by atoms with Crippen LogP contribution in [0, 0.1) is 0 Å². The first kappa shape index (κ1) is 11.4. The molecule has 1 aromatic rings.